The lowest BCUT2D eigenvalue weighted by molar-refractivity contribution is -0.123. The Hall–Kier alpha value is -1.69. The van der Waals surface area contributed by atoms with E-state index in [0.29, 0.717) is 18.0 Å². The minimum atomic E-state index is 0.178. The number of hydrogen-bond donors (Lipinski definition) is 1. The lowest BCUT2D eigenvalue weighted by Gasteiger charge is -2.39. The zero-order chi connectivity index (χ0) is 19.3. The van der Waals surface area contributed by atoms with Gasteiger partial charge in [0.1, 0.15) is 0 Å². The van der Waals surface area contributed by atoms with Crippen LogP contribution in [0.5, 0.6) is 0 Å². The molecule has 0 spiro atoms. The average molecular weight is 374 g/mol. The molecule has 1 saturated heterocycles. The lowest BCUT2D eigenvalue weighted by Crippen LogP contribution is -2.51. The molecular weight excluding hydrogens is 338 g/mol. The van der Waals surface area contributed by atoms with E-state index in [9.17, 15) is 4.79 Å². The van der Waals surface area contributed by atoms with E-state index >= 15 is 0 Å². The van der Waals surface area contributed by atoms with Crippen molar-refractivity contribution in [1.29, 1.82) is 0 Å². The number of rotatable bonds is 6. The van der Waals surface area contributed by atoms with E-state index in [1.54, 1.807) is 12.4 Å². The predicted octanol–water partition coefficient (Wildman–Crippen LogP) is 2.71. The molecule has 2 fully saturated rings. The van der Waals surface area contributed by atoms with Crippen molar-refractivity contribution in [3.63, 3.8) is 0 Å². The summed E-state index contributed by atoms with van der Waals surface area (Å²) in [5, 5.41) is 3.28. The quantitative estimate of drug-likeness (QED) is 0.831. The van der Waals surface area contributed by atoms with Crippen LogP contribution in [-0.2, 0) is 4.79 Å². The summed E-state index contributed by atoms with van der Waals surface area (Å²) in [6.45, 7) is 11.1. The van der Waals surface area contributed by atoms with Crippen molar-refractivity contribution in [1.82, 2.24) is 20.2 Å². The van der Waals surface area contributed by atoms with Crippen molar-refractivity contribution < 1.29 is 4.79 Å². The predicted molar refractivity (Wildman–Crippen MR) is 109 cm³/mol. The van der Waals surface area contributed by atoms with Crippen LogP contribution < -0.4 is 10.2 Å². The van der Waals surface area contributed by atoms with E-state index in [1.807, 2.05) is 6.07 Å². The van der Waals surface area contributed by atoms with Crippen molar-refractivity contribution in [3.8, 4) is 0 Å². The van der Waals surface area contributed by atoms with E-state index in [2.05, 4.69) is 45.9 Å². The van der Waals surface area contributed by atoms with E-state index < -0.39 is 0 Å². The summed E-state index contributed by atoms with van der Waals surface area (Å²) in [6.07, 6.45) is 9.51. The number of nitrogens with zero attached hydrogens (tertiary/aromatic N) is 4. The third kappa shape index (κ3) is 5.41. The Morgan fingerprint density at radius 3 is 2.33 bits per heavy atom. The first-order chi connectivity index (χ1) is 13.0. The molecule has 1 aromatic heterocycles. The van der Waals surface area contributed by atoms with Crippen LogP contribution >= 0.6 is 0 Å². The molecule has 2 aliphatic rings. The van der Waals surface area contributed by atoms with Crippen molar-refractivity contribution in [2.75, 3.05) is 37.6 Å². The summed E-state index contributed by atoms with van der Waals surface area (Å²) in [4.78, 5) is 25.5. The Kier molecular flexibility index (Phi) is 6.68. The summed E-state index contributed by atoms with van der Waals surface area (Å²) < 4.78 is 0. The summed E-state index contributed by atoms with van der Waals surface area (Å²) >= 11 is 0. The third-order valence-corrected chi connectivity index (χ3v) is 6.68. The van der Waals surface area contributed by atoms with Gasteiger partial charge < -0.3 is 10.2 Å². The minimum absolute atomic E-state index is 0.178. The normalized spacial score (nSPS) is 24.6. The van der Waals surface area contributed by atoms with Gasteiger partial charge in [0.2, 0.25) is 11.9 Å². The molecular formula is C21H35N5O. The molecule has 0 atom stereocenters. The molecule has 27 heavy (non-hydrogen) atoms. The van der Waals surface area contributed by atoms with Gasteiger partial charge in [-0.15, -0.1) is 0 Å². The molecule has 3 rings (SSSR count). The van der Waals surface area contributed by atoms with E-state index in [1.165, 1.54) is 19.3 Å². The number of nitrogens with one attached hydrogen (secondary N) is 1. The largest absolute Gasteiger partial charge is 0.352 e. The number of amides is 1. The van der Waals surface area contributed by atoms with E-state index in [0.717, 1.165) is 50.9 Å². The van der Waals surface area contributed by atoms with Gasteiger partial charge in [-0.25, -0.2) is 9.97 Å². The molecule has 1 saturated carbocycles. The number of carbonyl (C=O) groups is 1. The molecule has 1 amide bonds. The zero-order valence-corrected chi connectivity index (χ0v) is 17.2. The van der Waals surface area contributed by atoms with Gasteiger partial charge in [-0.2, -0.15) is 0 Å². The number of aromatic nitrogens is 2. The molecule has 1 aliphatic heterocycles. The number of carbonyl (C=O) groups excluding carboxylic acids is 1. The zero-order valence-electron chi connectivity index (χ0n) is 17.2. The molecule has 1 aromatic rings. The second-order valence-electron chi connectivity index (χ2n) is 8.77. The molecule has 2 heterocycles. The summed E-state index contributed by atoms with van der Waals surface area (Å²) in [7, 11) is 0. The molecule has 1 aliphatic carbocycles. The van der Waals surface area contributed by atoms with Gasteiger partial charge in [0.25, 0.3) is 0 Å². The second-order valence-corrected chi connectivity index (χ2v) is 8.77. The molecule has 0 bridgehead atoms. The maximum atomic E-state index is 12.5. The van der Waals surface area contributed by atoms with Gasteiger partial charge in [0.05, 0.1) is 6.54 Å². The Labute approximate surface area is 163 Å². The minimum Gasteiger partial charge on any atom is -0.352 e. The van der Waals surface area contributed by atoms with Crippen LogP contribution in [0.4, 0.5) is 5.95 Å². The highest BCUT2D eigenvalue weighted by molar-refractivity contribution is 5.78. The Morgan fingerprint density at radius 1 is 1.11 bits per heavy atom. The van der Waals surface area contributed by atoms with Crippen LogP contribution in [0, 0.1) is 11.3 Å². The van der Waals surface area contributed by atoms with E-state index in [-0.39, 0.29) is 5.91 Å². The smallest absolute Gasteiger partial charge is 0.234 e. The summed E-state index contributed by atoms with van der Waals surface area (Å²) in [5.41, 5.74) is 0.428. The molecule has 1 N–H and O–H groups in total. The first-order valence-corrected chi connectivity index (χ1v) is 10.5. The van der Waals surface area contributed by atoms with Gasteiger partial charge >= 0.3 is 0 Å². The van der Waals surface area contributed by atoms with Crippen LogP contribution in [0.25, 0.3) is 0 Å². The fourth-order valence-corrected chi connectivity index (χ4v) is 4.34. The third-order valence-electron chi connectivity index (χ3n) is 6.68. The molecule has 6 nitrogen and oxygen atoms in total. The van der Waals surface area contributed by atoms with Gasteiger partial charge in [-0.1, -0.05) is 27.2 Å². The molecule has 0 unspecified atom stereocenters. The number of hydrogen-bond acceptors (Lipinski definition) is 5. The highest BCUT2D eigenvalue weighted by Crippen LogP contribution is 2.40. The van der Waals surface area contributed by atoms with Crippen molar-refractivity contribution in [2.24, 2.45) is 11.3 Å². The summed E-state index contributed by atoms with van der Waals surface area (Å²) in [6, 6.07) is 2.20. The van der Waals surface area contributed by atoms with E-state index in [4.69, 9.17) is 0 Å². The van der Waals surface area contributed by atoms with Crippen LogP contribution in [0.1, 0.15) is 52.9 Å². The Morgan fingerprint density at radius 2 is 1.74 bits per heavy atom. The van der Waals surface area contributed by atoms with Crippen molar-refractivity contribution >= 4 is 11.9 Å². The number of piperazine rings is 1. The van der Waals surface area contributed by atoms with Crippen LogP contribution in [0.2, 0.25) is 0 Å². The monoisotopic (exact) mass is 373 g/mol. The van der Waals surface area contributed by atoms with Gasteiger partial charge in [-0.3, -0.25) is 9.69 Å². The maximum Gasteiger partial charge on any atom is 0.234 e. The van der Waals surface area contributed by atoms with Crippen molar-refractivity contribution in [2.45, 2.75) is 58.9 Å². The second kappa shape index (κ2) is 9.00. The molecule has 150 valence electrons. The first kappa shape index (κ1) is 20.1. The maximum absolute atomic E-state index is 12.5. The molecule has 6 heteroatoms. The van der Waals surface area contributed by atoms with Crippen LogP contribution in [-0.4, -0.2) is 59.5 Å². The van der Waals surface area contributed by atoms with Gasteiger partial charge in [0.15, 0.2) is 0 Å². The van der Waals surface area contributed by atoms with Crippen LogP contribution in [0.3, 0.4) is 0 Å². The highest BCUT2D eigenvalue weighted by atomic mass is 16.2. The fraction of sp³-hybridized carbons (Fsp3) is 0.762. The standard InChI is InChI=1S/C21H35N5O/c1-4-21(2,3)17-6-8-18(9-7-17)24-19(27)16-25-12-14-26(15-13-25)20-22-10-5-11-23-20/h5,10-11,17-18H,4,6-9,12-16H2,1-3H3,(H,24,27). The SMILES string of the molecule is CCC(C)(C)C1CCC(NC(=O)CN2CCN(c3ncccn3)CC2)CC1. The Balaban J connectivity index is 1.37. The average Bonchev–Trinajstić information content (AvgIpc) is 2.69. The highest BCUT2D eigenvalue weighted by Gasteiger charge is 2.32. The van der Waals surface area contributed by atoms with Crippen LogP contribution in [0.15, 0.2) is 18.5 Å². The van der Waals surface area contributed by atoms with Crippen molar-refractivity contribution in [3.05, 3.63) is 18.5 Å². The number of anilines is 1. The topological polar surface area (TPSA) is 61.4 Å². The Bertz CT molecular complexity index is 590. The summed E-state index contributed by atoms with van der Waals surface area (Å²) in [5.74, 6) is 1.76. The first-order valence-electron chi connectivity index (χ1n) is 10.5. The van der Waals surface area contributed by atoms with Gasteiger partial charge in [0, 0.05) is 44.6 Å². The van der Waals surface area contributed by atoms with Gasteiger partial charge in [-0.05, 0) is 43.1 Å². The molecule has 0 radical (unpaired) electrons. The lowest BCUT2D eigenvalue weighted by atomic mass is 9.69. The molecule has 0 aromatic carbocycles. The fourth-order valence-electron chi connectivity index (χ4n) is 4.34.